The molecule has 2 rings (SSSR count). The lowest BCUT2D eigenvalue weighted by Crippen LogP contribution is -2.60. The number of nitrogens with zero attached hydrogens (tertiary/aromatic N) is 1. The summed E-state index contributed by atoms with van der Waals surface area (Å²) in [6.45, 7) is 4.26. The number of fused-ring (bicyclic) bond motifs is 1. The summed E-state index contributed by atoms with van der Waals surface area (Å²) in [6, 6.07) is -3.59. The van der Waals surface area contributed by atoms with Crippen LogP contribution in [0.3, 0.4) is 0 Å². The van der Waals surface area contributed by atoms with Gasteiger partial charge in [-0.1, -0.05) is 32.0 Å². The van der Waals surface area contributed by atoms with Crippen LogP contribution in [0.25, 0.3) is 10.9 Å². The largest absolute Gasteiger partial charge is 0.480 e. The van der Waals surface area contributed by atoms with E-state index in [1.807, 2.05) is 18.2 Å². The topological polar surface area (TPSA) is 466 Å². The van der Waals surface area contributed by atoms with Gasteiger partial charge in [0, 0.05) is 24.2 Å². The number of H-pyrrole nitrogens is 1. The number of hydrogen-bond donors (Lipinski definition) is 17. The molecule has 412 valence electrons. The van der Waals surface area contributed by atoms with Gasteiger partial charge in [0.1, 0.15) is 54.4 Å². The average molecular weight is 1070 g/mol. The molecule has 1 aromatic carbocycles. The van der Waals surface area contributed by atoms with Crippen LogP contribution in [-0.2, 0) is 54.4 Å². The minimum absolute atomic E-state index is 0.00261. The Bertz CT molecular complexity index is 2260. The highest BCUT2D eigenvalue weighted by Gasteiger charge is 2.34. The number of nitrogens with two attached hydrogens (primary N) is 3. The van der Waals surface area contributed by atoms with Crippen molar-refractivity contribution in [3.05, 3.63) is 36.0 Å². The molecule has 9 amide bonds. The Hall–Kier alpha value is -7.08. The third-order valence-corrected chi connectivity index (χ3v) is 11.7. The predicted octanol–water partition coefficient (Wildman–Crippen LogP) is -6.02. The fourth-order valence-electron chi connectivity index (χ4n) is 6.75. The van der Waals surface area contributed by atoms with E-state index in [1.165, 1.54) is 32.5 Å². The molecule has 0 aliphatic rings. The summed E-state index contributed by atoms with van der Waals surface area (Å²) in [4.78, 5) is 138. The monoisotopic (exact) mass is 1060 g/mol. The lowest BCUT2D eigenvalue weighted by atomic mass is 10.0. The molecular weight excluding hydrogens is 993 g/mol. The second-order valence-corrected chi connectivity index (χ2v) is 18.5. The number of carbonyl (C=O) groups excluding carboxylic acids is 9. The van der Waals surface area contributed by atoms with E-state index in [1.54, 1.807) is 32.2 Å². The molecule has 0 bridgehead atoms. The summed E-state index contributed by atoms with van der Waals surface area (Å²) in [5, 5.41) is 61.8. The molecule has 0 saturated carbocycles. The van der Waals surface area contributed by atoms with Gasteiger partial charge in [-0.05, 0) is 75.5 Å². The van der Waals surface area contributed by atoms with Crippen molar-refractivity contribution >= 4 is 87.8 Å². The maximum atomic E-state index is 13.8. The number of benzene rings is 1. The van der Waals surface area contributed by atoms with Gasteiger partial charge < -0.3 is 90.5 Å². The highest BCUT2D eigenvalue weighted by Crippen LogP contribution is 2.16. The molecular formula is C45H72N14O14S. The number of rotatable bonds is 32. The number of aliphatic hydroxyl groups excluding tert-OH is 3. The van der Waals surface area contributed by atoms with Gasteiger partial charge in [-0.25, -0.2) is 4.79 Å². The number of aliphatic imine (C=N–C) groups is 1. The Kier molecular flexibility index (Phi) is 26.8. The minimum atomic E-state index is -1.69. The summed E-state index contributed by atoms with van der Waals surface area (Å²) in [5.74, 6) is -10.1. The van der Waals surface area contributed by atoms with E-state index in [0.29, 0.717) is 11.4 Å². The zero-order chi connectivity index (χ0) is 55.8. The van der Waals surface area contributed by atoms with Gasteiger partial charge in [0.25, 0.3) is 0 Å². The third kappa shape index (κ3) is 21.2. The van der Waals surface area contributed by atoms with Crippen LogP contribution >= 0.6 is 11.8 Å². The molecule has 0 unspecified atom stereocenters. The number of carboxylic acid groups (broad SMARTS) is 1. The van der Waals surface area contributed by atoms with Crippen LogP contribution in [0.2, 0.25) is 0 Å². The number of aliphatic carboxylic acids is 1. The Morgan fingerprint density at radius 3 is 1.73 bits per heavy atom. The summed E-state index contributed by atoms with van der Waals surface area (Å²) in [7, 11) is 0. The number of aromatic nitrogens is 1. The van der Waals surface area contributed by atoms with E-state index in [2.05, 4.69) is 57.8 Å². The first kappa shape index (κ1) is 63.0. The van der Waals surface area contributed by atoms with E-state index < -0.39 is 145 Å². The van der Waals surface area contributed by atoms with Crippen LogP contribution in [0.1, 0.15) is 59.6 Å². The fraction of sp³-hybridized carbons (Fsp3) is 0.578. The SMILES string of the molecule is CSCC[C@H](NC(=O)[C@H](CO)NC(=O)[C@H](CCCN=C(N)N)NC(=O)[C@@H](NC(=O)CNC(=O)[C@H](CO)NC(=O)[C@H](C)NC(=O)[C@H](C)NC(=O)[C@@H](N)[C@@H](C)O)C(C)C)C(=O)N[C@@H](Cc1cc2ccccc2[nH]1)C(=O)O. The maximum absolute atomic E-state index is 13.8. The van der Waals surface area contributed by atoms with Crippen molar-refractivity contribution in [1.82, 2.24) is 52.8 Å². The predicted molar refractivity (Wildman–Crippen MR) is 271 cm³/mol. The smallest absolute Gasteiger partial charge is 0.326 e. The van der Waals surface area contributed by atoms with Crippen molar-refractivity contribution in [2.24, 2.45) is 28.1 Å². The molecule has 0 aliphatic heterocycles. The number of carbonyl (C=O) groups is 10. The molecule has 2 aromatic rings. The first-order valence-electron chi connectivity index (χ1n) is 23.5. The molecule has 0 radical (unpaired) electrons. The van der Waals surface area contributed by atoms with Crippen LogP contribution in [0.4, 0.5) is 0 Å². The lowest BCUT2D eigenvalue weighted by Gasteiger charge is -2.27. The molecule has 20 N–H and O–H groups in total. The zero-order valence-corrected chi connectivity index (χ0v) is 42.9. The lowest BCUT2D eigenvalue weighted by molar-refractivity contribution is -0.142. The summed E-state index contributed by atoms with van der Waals surface area (Å²) in [6.07, 6.45) is 0.421. The number of thioether (sulfide) groups is 1. The molecule has 28 nitrogen and oxygen atoms in total. The maximum Gasteiger partial charge on any atom is 0.326 e. The Morgan fingerprint density at radius 2 is 1.18 bits per heavy atom. The van der Waals surface area contributed by atoms with Gasteiger partial charge in [-0.3, -0.25) is 48.1 Å². The van der Waals surface area contributed by atoms with E-state index in [4.69, 9.17) is 17.2 Å². The number of aromatic amines is 1. The summed E-state index contributed by atoms with van der Waals surface area (Å²) >= 11 is 1.34. The highest BCUT2D eigenvalue weighted by atomic mass is 32.2. The van der Waals surface area contributed by atoms with Gasteiger partial charge in [0.15, 0.2) is 5.96 Å². The van der Waals surface area contributed by atoms with Crippen LogP contribution in [0.5, 0.6) is 0 Å². The van der Waals surface area contributed by atoms with Crippen molar-refractivity contribution in [1.29, 1.82) is 0 Å². The van der Waals surface area contributed by atoms with Crippen molar-refractivity contribution in [2.75, 3.05) is 38.3 Å². The molecule has 0 aliphatic carbocycles. The molecule has 0 spiro atoms. The molecule has 74 heavy (non-hydrogen) atoms. The summed E-state index contributed by atoms with van der Waals surface area (Å²) in [5.41, 5.74) is 17.7. The van der Waals surface area contributed by atoms with Crippen molar-refractivity contribution in [2.45, 2.75) is 121 Å². The number of aliphatic hydroxyl groups is 3. The molecule has 1 aromatic heterocycles. The first-order valence-corrected chi connectivity index (χ1v) is 24.9. The number of nitrogens with one attached hydrogen (secondary N) is 10. The molecule has 0 saturated heterocycles. The number of para-hydroxylation sites is 1. The Balaban J connectivity index is 2.13. The third-order valence-electron chi connectivity index (χ3n) is 11.1. The second-order valence-electron chi connectivity index (χ2n) is 17.6. The van der Waals surface area contributed by atoms with Crippen molar-refractivity contribution in [3.63, 3.8) is 0 Å². The van der Waals surface area contributed by atoms with Crippen molar-refractivity contribution < 1.29 is 68.4 Å². The molecule has 29 heteroatoms. The van der Waals surface area contributed by atoms with Crippen molar-refractivity contribution in [3.8, 4) is 0 Å². The quantitative estimate of drug-likeness (QED) is 0.0184. The van der Waals surface area contributed by atoms with Gasteiger partial charge in [-0.15, -0.1) is 0 Å². The van der Waals surface area contributed by atoms with E-state index in [-0.39, 0.29) is 38.2 Å². The number of guanidine groups is 1. The van der Waals surface area contributed by atoms with Gasteiger partial charge in [0.05, 0.1) is 25.9 Å². The van der Waals surface area contributed by atoms with Crippen LogP contribution in [0.15, 0.2) is 35.3 Å². The summed E-state index contributed by atoms with van der Waals surface area (Å²) < 4.78 is 0. The fourth-order valence-corrected chi connectivity index (χ4v) is 7.22. The number of carboxylic acids is 1. The van der Waals surface area contributed by atoms with E-state index in [9.17, 15) is 68.4 Å². The van der Waals surface area contributed by atoms with Gasteiger partial charge in [-0.2, -0.15) is 11.8 Å². The minimum Gasteiger partial charge on any atom is -0.480 e. The second kappa shape index (κ2) is 31.5. The molecule has 1 heterocycles. The Morgan fingerprint density at radius 1 is 0.662 bits per heavy atom. The normalized spacial score (nSPS) is 15.2. The standard InChI is InChI=1S/C45H72N14O14S/c1-21(2)35(59-33(63)18-50-38(66)31(19-60)57-37(65)23(4)51-36(64)22(3)52-42(70)34(46)24(5)62)43(71)55-28(12-9-14-49-45(47)48)39(67)58-32(20-61)41(69)54-29(13-15-74-6)40(68)56-30(44(72)73)17-26-16-25-10-7-8-11-27(25)53-26/h7-8,10-11,16,21-24,28-32,34-35,53,60-62H,9,12-15,17-20,46H2,1-6H3,(H,50,66)(H,51,64)(H,52,70)(H,54,69)(H,55,71)(H,56,68)(H,57,65)(H,58,67)(H,59,63)(H,72,73)(H4,47,48,49)/t22-,23-,24+,28-,29-,30-,31-,32-,34-,35-/m0/s1. The average Bonchev–Trinajstić information content (AvgIpc) is 3.76. The van der Waals surface area contributed by atoms with Crippen LogP contribution in [-0.4, -0.2) is 189 Å². The van der Waals surface area contributed by atoms with Gasteiger partial charge in [0.2, 0.25) is 53.2 Å². The van der Waals surface area contributed by atoms with Crippen LogP contribution < -0.4 is 65.1 Å². The van der Waals surface area contributed by atoms with Crippen LogP contribution in [0, 0.1) is 5.92 Å². The molecule has 0 fully saturated rings. The highest BCUT2D eigenvalue weighted by molar-refractivity contribution is 7.98. The van der Waals surface area contributed by atoms with Gasteiger partial charge >= 0.3 is 5.97 Å². The number of hydrogen-bond acceptors (Lipinski definition) is 16. The zero-order valence-electron chi connectivity index (χ0n) is 42.1. The Labute approximate surface area is 431 Å². The number of amides is 9. The van der Waals surface area contributed by atoms with E-state index in [0.717, 1.165) is 10.9 Å². The first-order chi connectivity index (χ1) is 34.8. The molecule has 10 atom stereocenters. The van der Waals surface area contributed by atoms with E-state index >= 15 is 0 Å².